The minimum atomic E-state index is 0.223. The Morgan fingerprint density at radius 1 is 1.09 bits per heavy atom. The summed E-state index contributed by atoms with van der Waals surface area (Å²) in [7, 11) is 0. The predicted octanol–water partition coefficient (Wildman–Crippen LogP) is 4.10. The molecule has 0 radical (unpaired) electrons. The molecule has 4 saturated carbocycles. The van der Waals surface area contributed by atoms with Crippen molar-refractivity contribution in [2.24, 2.45) is 29.6 Å². The fourth-order valence-corrected chi connectivity index (χ4v) is 5.42. The molecule has 0 heterocycles. The number of ether oxygens (including phenoxy) is 1. The average molecular weight is 299 g/mol. The van der Waals surface area contributed by atoms with Gasteiger partial charge in [0.1, 0.15) is 5.75 Å². The Morgan fingerprint density at radius 3 is 2.36 bits per heavy atom. The monoisotopic (exact) mass is 299 g/mol. The Morgan fingerprint density at radius 2 is 1.73 bits per heavy atom. The standard InChI is InChI=1S/C19H25NO2/c1-2-22-17-6-4-3-5-16(17)20-19(21)18-14-8-12-7-13(10-14)11-15(18)9-12/h3-6,12-15,18H,2,7-11H2,1H3,(H,20,21). The van der Waals surface area contributed by atoms with Crippen LogP contribution in [0.4, 0.5) is 5.69 Å². The second kappa shape index (κ2) is 5.60. The first-order chi connectivity index (χ1) is 10.7. The van der Waals surface area contributed by atoms with Crippen LogP contribution in [0.1, 0.15) is 39.0 Å². The first-order valence-corrected chi connectivity index (χ1v) is 8.77. The number of para-hydroxylation sites is 2. The van der Waals surface area contributed by atoms with Gasteiger partial charge in [0.05, 0.1) is 12.3 Å². The van der Waals surface area contributed by atoms with Crippen molar-refractivity contribution in [2.45, 2.75) is 39.0 Å². The van der Waals surface area contributed by atoms with Gasteiger partial charge in [-0.1, -0.05) is 12.1 Å². The van der Waals surface area contributed by atoms with E-state index in [2.05, 4.69) is 5.32 Å². The summed E-state index contributed by atoms with van der Waals surface area (Å²) >= 11 is 0. The smallest absolute Gasteiger partial charge is 0.228 e. The Labute approximate surface area is 132 Å². The van der Waals surface area contributed by atoms with E-state index in [1.807, 2.05) is 31.2 Å². The summed E-state index contributed by atoms with van der Waals surface area (Å²) in [6, 6.07) is 7.77. The average Bonchev–Trinajstić information content (AvgIpc) is 2.48. The molecule has 4 aliphatic rings. The number of hydrogen-bond donors (Lipinski definition) is 1. The summed E-state index contributed by atoms with van der Waals surface area (Å²) in [6.45, 7) is 2.58. The first kappa shape index (κ1) is 14.1. The van der Waals surface area contributed by atoms with Crippen molar-refractivity contribution in [1.82, 2.24) is 0 Å². The number of nitrogens with one attached hydrogen (secondary N) is 1. The zero-order chi connectivity index (χ0) is 15.1. The van der Waals surface area contributed by atoms with E-state index in [1.165, 1.54) is 32.1 Å². The van der Waals surface area contributed by atoms with Crippen LogP contribution in [-0.2, 0) is 4.79 Å². The van der Waals surface area contributed by atoms with E-state index in [4.69, 9.17) is 4.74 Å². The van der Waals surface area contributed by atoms with E-state index < -0.39 is 0 Å². The summed E-state index contributed by atoms with van der Waals surface area (Å²) < 4.78 is 5.63. The molecule has 1 aromatic carbocycles. The fourth-order valence-electron chi connectivity index (χ4n) is 5.42. The van der Waals surface area contributed by atoms with E-state index in [0.29, 0.717) is 18.4 Å². The van der Waals surface area contributed by atoms with Crippen LogP contribution < -0.4 is 10.1 Å². The van der Waals surface area contributed by atoms with Gasteiger partial charge in [-0.3, -0.25) is 4.79 Å². The Kier molecular flexibility index (Phi) is 3.59. The number of rotatable bonds is 4. The van der Waals surface area contributed by atoms with E-state index in [0.717, 1.165) is 23.3 Å². The quantitative estimate of drug-likeness (QED) is 0.909. The van der Waals surface area contributed by atoms with Crippen LogP contribution in [0.25, 0.3) is 0 Å². The van der Waals surface area contributed by atoms with Crippen molar-refractivity contribution in [3.05, 3.63) is 24.3 Å². The molecule has 3 nitrogen and oxygen atoms in total. The third-order valence-corrected chi connectivity index (χ3v) is 5.97. The maximum atomic E-state index is 12.9. The summed E-state index contributed by atoms with van der Waals surface area (Å²) in [4.78, 5) is 12.9. The molecule has 22 heavy (non-hydrogen) atoms. The Hall–Kier alpha value is -1.51. The van der Waals surface area contributed by atoms with E-state index in [9.17, 15) is 4.79 Å². The maximum absolute atomic E-state index is 12.9. The lowest BCUT2D eigenvalue weighted by atomic mass is 9.51. The molecule has 4 aliphatic carbocycles. The van der Waals surface area contributed by atoms with Gasteiger partial charge in [0.25, 0.3) is 0 Å². The molecular formula is C19H25NO2. The number of carbonyl (C=O) groups is 1. The molecule has 5 rings (SSSR count). The molecule has 3 heteroatoms. The molecule has 0 unspecified atom stereocenters. The lowest BCUT2D eigenvalue weighted by molar-refractivity contribution is -0.132. The highest BCUT2D eigenvalue weighted by Gasteiger charge is 2.50. The van der Waals surface area contributed by atoms with E-state index in [1.54, 1.807) is 0 Å². The molecule has 0 atom stereocenters. The van der Waals surface area contributed by atoms with E-state index in [-0.39, 0.29) is 11.8 Å². The molecule has 1 aromatic rings. The van der Waals surface area contributed by atoms with Gasteiger partial charge < -0.3 is 10.1 Å². The SMILES string of the molecule is CCOc1ccccc1NC(=O)C1C2CC3CC(C2)CC1C3. The van der Waals surface area contributed by atoms with Crippen LogP contribution in [0.2, 0.25) is 0 Å². The molecule has 0 aliphatic heterocycles. The number of hydrogen-bond acceptors (Lipinski definition) is 2. The second-order valence-corrected chi connectivity index (χ2v) is 7.37. The van der Waals surface area contributed by atoms with Gasteiger partial charge in [0, 0.05) is 5.92 Å². The van der Waals surface area contributed by atoms with Gasteiger partial charge in [0.2, 0.25) is 5.91 Å². The lowest BCUT2D eigenvalue weighted by Gasteiger charge is -2.53. The summed E-state index contributed by atoms with van der Waals surface area (Å²) in [5, 5.41) is 3.16. The molecule has 0 saturated heterocycles. The van der Waals surface area contributed by atoms with Crippen molar-refractivity contribution in [3.63, 3.8) is 0 Å². The largest absolute Gasteiger partial charge is 0.492 e. The Balaban J connectivity index is 1.51. The highest BCUT2D eigenvalue weighted by atomic mass is 16.5. The minimum Gasteiger partial charge on any atom is -0.492 e. The van der Waals surface area contributed by atoms with Gasteiger partial charge in [-0.25, -0.2) is 0 Å². The number of benzene rings is 1. The van der Waals surface area contributed by atoms with Crippen LogP contribution >= 0.6 is 0 Å². The maximum Gasteiger partial charge on any atom is 0.228 e. The Bertz CT molecular complexity index is 540. The van der Waals surface area contributed by atoms with Crippen LogP contribution in [0.5, 0.6) is 5.75 Å². The fraction of sp³-hybridized carbons (Fsp3) is 0.632. The minimum absolute atomic E-state index is 0.223. The zero-order valence-corrected chi connectivity index (χ0v) is 13.3. The van der Waals surface area contributed by atoms with Crippen LogP contribution in [0.15, 0.2) is 24.3 Å². The first-order valence-electron chi connectivity index (χ1n) is 8.77. The van der Waals surface area contributed by atoms with Crippen LogP contribution in [0.3, 0.4) is 0 Å². The van der Waals surface area contributed by atoms with E-state index >= 15 is 0 Å². The second-order valence-electron chi connectivity index (χ2n) is 7.37. The van der Waals surface area contributed by atoms with Crippen molar-refractivity contribution >= 4 is 11.6 Å². The third-order valence-electron chi connectivity index (χ3n) is 5.97. The zero-order valence-electron chi connectivity index (χ0n) is 13.3. The van der Waals surface area contributed by atoms with Gasteiger partial charge in [-0.2, -0.15) is 0 Å². The van der Waals surface area contributed by atoms with Gasteiger partial charge >= 0.3 is 0 Å². The molecule has 4 bridgehead atoms. The van der Waals surface area contributed by atoms with Crippen molar-refractivity contribution in [2.75, 3.05) is 11.9 Å². The number of carbonyl (C=O) groups excluding carboxylic acids is 1. The molecule has 4 fully saturated rings. The summed E-state index contributed by atoms with van der Waals surface area (Å²) in [5.41, 5.74) is 0.822. The topological polar surface area (TPSA) is 38.3 Å². The molecule has 1 N–H and O–H groups in total. The van der Waals surface area contributed by atoms with Gasteiger partial charge in [0.15, 0.2) is 0 Å². The third kappa shape index (κ3) is 2.41. The van der Waals surface area contributed by atoms with Gasteiger partial charge in [-0.05, 0) is 74.8 Å². The molecule has 0 spiro atoms. The van der Waals surface area contributed by atoms with Crippen molar-refractivity contribution in [1.29, 1.82) is 0 Å². The highest BCUT2D eigenvalue weighted by Crippen LogP contribution is 2.56. The summed E-state index contributed by atoms with van der Waals surface area (Å²) in [5.74, 6) is 4.28. The normalized spacial score (nSPS) is 35.4. The molecule has 1 amide bonds. The lowest BCUT2D eigenvalue weighted by Crippen LogP contribution is -2.49. The van der Waals surface area contributed by atoms with Crippen LogP contribution in [0, 0.1) is 29.6 Å². The predicted molar refractivity (Wildman–Crippen MR) is 86.8 cm³/mol. The highest BCUT2D eigenvalue weighted by molar-refractivity contribution is 5.94. The van der Waals surface area contributed by atoms with Crippen molar-refractivity contribution in [3.8, 4) is 5.75 Å². The van der Waals surface area contributed by atoms with Crippen molar-refractivity contribution < 1.29 is 9.53 Å². The molecular weight excluding hydrogens is 274 g/mol. The number of anilines is 1. The van der Waals surface area contributed by atoms with Crippen LogP contribution in [-0.4, -0.2) is 12.5 Å². The summed E-state index contributed by atoms with van der Waals surface area (Å²) in [6.07, 6.45) is 6.53. The number of amides is 1. The van der Waals surface area contributed by atoms with Gasteiger partial charge in [-0.15, -0.1) is 0 Å². The molecule has 118 valence electrons. The molecule has 0 aromatic heterocycles.